The number of aliphatic imine (C=N–C) groups is 1. The normalized spacial score (nSPS) is 16.3. The lowest BCUT2D eigenvalue weighted by Gasteiger charge is -2.29. The summed E-state index contributed by atoms with van der Waals surface area (Å²) in [6, 6.07) is -6.85. The predicted octanol–water partition coefficient (Wildman–Crippen LogP) is -0.151. The zero-order valence-corrected chi connectivity index (χ0v) is 41.3. The Morgan fingerprint density at radius 2 is 1.40 bits per heavy atom. The lowest BCUT2D eigenvalue weighted by atomic mass is 9.97. The lowest BCUT2D eigenvalue weighted by Crippen LogP contribution is -2.61. The fourth-order valence-electron chi connectivity index (χ4n) is 7.66. The summed E-state index contributed by atoms with van der Waals surface area (Å²) in [6.45, 7) is 8.90. The highest BCUT2D eigenvalue weighted by Gasteiger charge is 2.36. The van der Waals surface area contributed by atoms with E-state index in [2.05, 4.69) is 68.2 Å². The molecule has 1 rings (SSSR count). The van der Waals surface area contributed by atoms with Crippen LogP contribution < -0.4 is 60.2 Å². The molecule has 7 atom stereocenters. The van der Waals surface area contributed by atoms with Crippen molar-refractivity contribution in [2.45, 2.75) is 192 Å². The first kappa shape index (κ1) is 61.2. The molecule has 0 aromatic heterocycles. The molecule has 0 aromatic rings. The topological polar surface area (TPSA) is 361 Å². The Kier molecular flexibility index (Phi) is 32.5. The Labute approximate surface area is 404 Å². The zero-order valence-electron chi connectivity index (χ0n) is 41.3. The van der Waals surface area contributed by atoms with Gasteiger partial charge in [0.15, 0.2) is 5.96 Å². The van der Waals surface area contributed by atoms with Gasteiger partial charge in [-0.3, -0.25) is 38.6 Å². The minimum Gasteiger partial charge on any atom is -0.394 e. The van der Waals surface area contributed by atoms with E-state index in [0.29, 0.717) is 57.7 Å². The fraction of sp³-hybridized carbons (Fsp3) is 0.787. The Morgan fingerprint density at radius 3 is 2.00 bits per heavy atom. The van der Waals surface area contributed by atoms with Crippen LogP contribution in [-0.2, 0) is 33.6 Å². The fourth-order valence-corrected chi connectivity index (χ4v) is 7.66. The van der Waals surface area contributed by atoms with E-state index in [4.69, 9.17) is 22.9 Å². The summed E-state index contributed by atoms with van der Waals surface area (Å²) in [5, 5.41) is 40.8. The lowest BCUT2D eigenvalue weighted by molar-refractivity contribution is -0.137. The molecule has 1 heterocycles. The number of aliphatic hydroxyl groups is 2. The van der Waals surface area contributed by atoms with E-state index < -0.39 is 96.7 Å². The van der Waals surface area contributed by atoms with Crippen molar-refractivity contribution in [2.75, 3.05) is 32.8 Å². The highest BCUT2D eigenvalue weighted by atomic mass is 16.3. The Hall–Kier alpha value is -4.86. The molecule has 7 unspecified atom stereocenters. The number of nitrogens with one attached hydrogen (secondary N) is 7. The van der Waals surface area contributed by atoms with Gasteiger partial charge in [0.05, 0.1) is 25.2 Å². The molecule has 7 amide bonds. The highest BCUT2D eigenvalue weighted by molar-refractivity contribution is 5.95. The first-order chi connectivity index (χ1) is 32.4. The number of nitrogens with zero attached hydrogens (tertiary/aromatic N) is 1. The largest absolute Gasteiger partial charge is 0.394 e. The molecular weight excluding hydrogens is 877 g/mol. The molecule has 21 heteroatoms. The second-order valence-electron chi connectivity index (χ2n) is 18.7. The summed E-state index contributed by atoms with van der Waals surface area (Å²) < 4.78 is 0. The van der Waals surface area contributed by atoms with Crippen molar-refractivity contribution in [3.63, 3.8) is 0 Å². The smallest absolute Gasteiger partial charge is 0.245 e. The van der Waals surface area contributed by atoms with Gasteiger partial charge < -0.3 is 70.4 Å². The number of hydrogen-bond acceptors (Lipinski definition) is 12. The van der Waals surface area contributed by atoms with Gasteiger partial charge in [-0.05, 0) is 115 Å². The molecule has 1 saturated heterocycles. The van der Waals surface area contributed by atoms with Gasteiger partial charge in [-0.2, -0.15) is 0 Å². The van der Waals surface area contributed by atoms with Crippen LogP contribution >= 0.6 is 0 Å². The Balaban J connectivity index is 3.22. The molecule has 1 fully saturated rings. The van der Waals surface area contributed by atoms with Gasteiger partial charge >= 0.3 is 0 Å². The van der Waals surface area contributed by atoms with Crippen LogP contribution in [0, 0.1) is 11.8 Å². The molecular formula is C47H88N12O9. The maximum absolute atomic E-state index is 14.1. The Morgan fingerprint density at radius 1 is 0.706 bits per heavy atom. The molecule has 0 aromatic carbocycles. The Bertz CT molecular complexity index is 1570. The molecule has 0 spiro atoms. The number of hydrogen-bond donors (Lipinski definition) is 13. The van der Waals surface area contributed by atoms with E-state index >= 15 is 0 Å². The third-order valence-corrected chi connectivity index (χ3v) is 11.5. The molecule has 68 heavy (non-hydrogen) atoms. The number of allylic oxidation sites excluding steroid dienone is 2. The van der Waals surface area contributed by atoms with Crippen LogP contribution in [0.1, 0.15) is 150 Å². The minimum atomic E-state index is -1.70. The summed E-state index contributed by atoms with van der Waals surface area (Å²) in [7, 11) is 0. The van der Waals surface area contributed by atoms with Crippen LogP contribution in [0.15, 0.2) is 17.1 Å². The van der Waals surface area contributed by atoms with Crippen LogP contribution in [0.4, 0.5) is 0 Å². The first-order valence-corrected chi connectivity index (χ1v) is 24.9. The van der Waals surface area contributed by atoms with Gasteiger partial charge in [0.1, 0.15) is 24.2 Å². The predicted molar refractivity (Wildman–Crippen MR) is 263 cm³/mol. The van der Waals surface area contributed by atoms with Crippen molar-refractivity contribution in [3.8, 4) is 0 Å². The summed E-state index contributed by atoms with van der Waals surface area (Å²) in [5.74, 6) is -4.29. The van der Waals surface area contributed by atoms with Crippen molar-refractivity contribution in [2.24, 2.45) is 39.8 Å². The number of amides is 7. The van der Waals surface area contributed by atoms with Crippen LogP contribution in [-0.4, -0.2) is 133 Å². The molecule has 1 aliphatic heterocycles. The second-order valence-corrected chi connectivity index (χ2v) is 18.7. The van der Waals surface area contributed by atoms with E-state index in [0.717, 1.165) is 32.1 Å². The molecule has 390 valence electrons. The van der Waals surface area contributed by atoms with Crippen LogP contribution in [0.3, 0.4) is 0 Å². The quantitative estimate of drug-likeness (QED) is 0.0166. The van der Waals surface area contributed by atoms with Crippen molar-refractivity contribution in [3.05, 3.63) is 12.2 Å². The molecule has 21 nitrogen and oxygen atoms in total. The molecule has 0 saturated carbocycles. The van der Waals surface area contributed by atoms with Crippen molar-refractivity contribution in [1.82, 2.24) is 37.2 Å². The SMILES string of the molecule is CC(C)CCCC/C=C\CCCCCC(=O)NC(CC(N)=O)C(=O)NC(CCCN=C(N)N)CCC(O)C(NC(=O)C(CO)NC(=O)C1CCCN1)C(=O)NC(CC(C)C)C(=O)NCCCCN. The zero-order chi connectivity index (χ0) is 50.9. The van der Waals surface area contributed by atoms with Gasteiger partial charge in [-0.1, -0.05) is 59.1 Å². The van der Waals surface area contributed by atoms with Gasteiger partial charge in [0.25, 0.3) is 0 Å². The summed E-state index contributed by atoms with van der Waals surface area (Å²) >= 11 is 0. The third kappa shape index (κ3) is 28.5. The number of carbonyl (C=O) groups excluding carboxylic acids is 7. The van der Waals surface area contributed by atoms with Gasteiger partial charge in [0.2, 0.25) is 41.4 Å². The number of aliphatic hydroxyl groups excluding tert-OH is 2. The number of unbranched alkanes of at least 4 members (excludes halogenated alkanes) is 6. The number of carbonyl (C=O) groups is 7. The van der Waals surface area contributed by atoms with Crippen molar-refractivity contribution in [1.29, 1.82) is 0 Å². The molecule has 0 aliphatic carbocycles. The van der Waals surface area contributed by atoms with Crippen molar-refractivity contribution < 1.29 is 43.8 Å². The number of nitrogens with two attached hydrogens (primary N) is 4. The second kappa shape index (κ2) is 36.2. The van der Waals surface area contributed by atoms with E-state index in [9.17, 15) is 43.8 Å². The van der Waals surface area contributed by atoms with Gasteiger partial charge in [0, 0.05) is 25.6 Å². The number of primary amides is 1. The molecule has 1 aliphatic rings. The minimum absolute atomic E-state index is 0.00255. The summed E-state index contributed by atoms with van der Waals surface area (Å²) in [5.41, 5.74) is 22.1. The maximum atomic E-state index is 14.1. The van der Waals surface area contributed by atoms with Crippen molar-refractivity contribution >= 4 is 47.3 Å². The van der Waals surface area contributed by atoms with E-state index in [1.54, 1.807) is 0 Å². The molecule has 17 N–H and O–H groups in total. The average molecular weight is 965 g/mol. The third-order valence-electron chi connectivity index (χ3n) is 11.5. The maximum Gasteiger partial charge on any atom is 0.245 e. The van der Waals surface area contributed by atoms with Crippen LogP contribution in [0.2, 0.25) is 0 Å². The van der Waals surface area contributed by atoms with Gasteiger partial charge in [-0.15, -0.1) is 0 Å². The molecule has 0 bridgehead atoms. The summed E-state index contributed by atoms with van der Waals surface area (Å²) in [4.78, 5) is 96.8. The van der Waals surface area contributed by atoms with E-state index in [1.807, 2.05) is 13.8 Å². The number of guanidine groups is 1. The average Bonchev–Trinajstić information content (AvgIpc) is 3.83. The first-order valence-electron chi connectivity index (χ1n) is 24.9. The summed E-state index contributed by atoms with van der Waals surface area (Å²) in [6.07, 6.45) is 13.4. The van der Waals surface area contributed by atoms with Gasteiger partial charge in [-0.25, -0.2) is 0 Å². The van der Waals surface area contributed by atoms with E-state index in [1.165, 1.54) is 19.3 Å². The monoisotopic (exact) mass is 965 g/mol. The highest BCUT2D eigenvalue weighted by Crippen LogP contribution is 2.15. The van der Waals surface area contributed by atoms with E-state index in [-0.39, 0.29) is 50.5 Å². The number of rotatable bonds is 38. The van der Waals surface area contributed by atoms with Crippen LogP contribution in [0.25, 0.3) is 0 Å². The molecule has 0 radical (unpaired) electrons. The standard InChI is InChI=1S/C47H88N12O9/c1-31(2)18-12-10-8-6-5-7-9-11-13-21-40(63)56-36(29-39(49)62)44(66)55-33(19-16-27-54-47(50)51)22-23-38(61)41(59-45(67)37(30-60)58-43(65)34-20-17-26-52-34)46(68)57-35(28-32(3)4)42(64)53-25-15-14-24-48/h5-6,31-38,41,52,60-61H,7-30,48H2,1-4H3,(H2,49,62)(H,53,64)(H,55,66)(H,56,63)(H,57,68)(H,58,65)(H,59,67)(H4,50,51,54)/b6-5-. The van der Waals surface area contributed by atoms with Crippen LogP contribution in [0.5, 0.6) is 0 Å².